The Morgan fingerprint density at radius 2 is 2.05 bits per heavy atom. The molecule has 1 aromatic rings. The van der Waals surface area contributed by atoms with Gasteiger partial charge in [0.05, 0.1) is 6.42 Å². The highest BCUT2D eigenvalue weighted by atomic mass is 19.4. The summed E-state index contributed by atoms with van der Waals surface area (Å²) in [5.41, 5.74) is 7.57. The molecule has 0 aliphatic heterocycles. The monoisotopic (exact) mass is 275 g/mol. The summed E-state index contributed by atoms with van der Waals surface area (Å²) in [6.45, 7) is 3.65. The van der Waals surface area contributed by atoms with Gasteiger partial charge in [0.2, 0.25) is 0 Å². The van der Waals surface area contributed by atoms with Crippen molar-refractivity contribution >= 4 is 5.82 Å². The molecule has 2 N–H and O–H groups in total. The van der Waals surface area contributed by atoms with Crippen molar-refractivity contribution in [3.63, 3.8) is 0 Å². The van der Waals surface area contributed by atoms with Gasteiger partial charge in [-0.25, -0.2) is 4.98 Å². The lowest BCUT2D eigenvalue weighted by Gasteiger charge is -2.21. The molecule has 1 rings (SSSR count). The number of hydrogen-bond donors (Lipinski definition) is 1. The maximum Gasteiger partial charge on any atom is 0.390 e. The van der Waals surface area contributed by atoms with Crippen LogP contribution in [0.4, 0.5) is 19.0 Å². The highest BCUT2D eigenvalue weighted by Gasteiger charge is 2.27. The van der Waals surface area contributed by atoms with E-state index in [-0.39, 0.29) is 12.6 Å². The predicted octanol–water partition coefficient (Wildman–Crippen LogP) is 2.67. The fraction of sp³-hybridized carbons (Fsp3) is 0.615. The smallest absolute Gasteiger partial charge is 0.359 e. The first kappa shape index (κ1) is 15.8. The normalized spacial score (nSPS) is 13.4. The standard InChI is InChI=1S/C13H20F3N3/c1-9-6-11(7-10(2)17)8-18-12(9)19(3)5-4-13(14,15)16/h6,8,10H,4-5,7,17H2,1-3H3. The topological polar surface area (TPSA) is 42.1 Å². The molecule has 0 fully saturated rings. The van der Waals surface area contributed by atoms with Gasteiger partial charge in [-0.2, -0.15) is 13.2 Å². The van der Waals surface area contributed by atoms with Gasteiger partial charge in [0, 0.05) is 25.8 Å². The molecule has 0 spiro atoms. The fourth-order valence-electron chi connectivity index (χ4n) is 1.91. The zero-order chi connectivity index (χ0) is 14.6. The van der Waals surface area contributed by atoms with Gasteiger partial charge in [-0.05, 0) is 31.4 Å². The number of pyridine rings is 1. The van der Waals surface area contributed by atoms with E-state index in [9.17, 15) is 13.2 Å². The summed E-state index contributed by atoms with van der Waals surface area (Å²) in [4.78, 5) is 5.76. The van der Waals surface area contributed by atoms with E-state index in [2.05, 4.69) is 4.98 Å². The summed E-state index contributed by atoms with van der Waals surface area (Å²) in [6, 6.07) is 1.96. The molecule has 0 saturated heterocycles. The number of anilines is 1. The molecule has 3 nitrogen and oxygen atoms in total. The maximum absolute atomic E-state index is 12.2. The number of hydrogen-bond acceptors (Lipinski definition) is 3. The third kappa shape index (κ3) is 5.46. The minimum absolute atomic E-state index is 0.0370. The second kappa shape index (κ2) is 6.23. The summed E-state index contributed by atoms with van der Waals surface area (Å²) in [5, 5.41) is 0. The fourth-order valence-corrected chi connectivity index (χ4v) is 1.91. The molecule has 0 bridgehead atoms. The minimum Gasteiger partial charge on any atom is -0.359 e. The van der Waals surface area contributed by atoms with Crippen molar-refractivity contribution in [2.24, 2.45) is 5.73 Å². The van der Waals surface area contributed by atoms with E-state index in [1.54, 1.807) is 13.2 Å². The van der Waals surface area contributed by atoms with Crippen LogP contribution in [0.25, 0.3) is 0 Å². The molecular weight excluding hydrogens is 255 g/mol. The van der Waals surface area contributed by atoms with Gasteiger partial charge in [0.1, 0.15) is 5.82 Å². The van der Waals surface area contributed by atoms with E-state index in [1.165, 1.54) is 4.90 Å². The number of aryl methyl sites for hydroxylation is 1. The van der Waals surface area contributed by atoms with E-state index in [4.69, 9.17) is 5.73 Å². The highest BCUT2D eigenvalue weighted by molar-refractivity contribution is 5.46. The highest BCUT2D eigenvalue weighted by Crippen LogP contribution is 2.22. The number of alkyl halides is 3. The summed E-state index contributed by atoms with van der Waals surface area (Å²) in [6.07, 6.45) is -2.60. The summed E-state index contributed by atoms with van der Waals surface area (Å²) >= 11 is 0. The molecule has 1 aromatic heterocycles. The van der Waals surface area contributed by atoms with Crippen LogP contribution in [0, 0.1) is 6.92 Å². The Labute approximate surface area is 111 Å². The molecule has 0 aliphatic rings. The molecule has 0 aliphatic carbocycles. The lowest BCUT2D eigenvalue weighted by molar-refractivity contribution is -0.132. The molecule has 1 heterocycles. The maximum atomic E-state index is 12.2. The van der Waals surface area contributed by atoms with Crippen LogP contribution in [0.5, 0.6) is 0 Å². The first-order valence-corrected chi connectivity index (χ1v) is 6.18. The van der Waals surface area contributed by atoms with Gasteiger partial charge in [-0.15, -0.1) is 0 Å². The van der Waals surface area contributed by atoms with Crippen molar-refractivity contribution in [1.29, 1.82) is 0 Å². The average molecular weight is 275 g/mol. The molecule has 0 saturated carbocycles. The number of aromatic nitrogens is 1. The summed E-state index contributed by atoms with van der Waals surface area (Å²) in [5.74, 6) is 0.581. The van der Waals surface area contributed by atoms with Crippen LogP contribution in [0.2, 0.25) is 0 Å². The van der Waals surface area contributed by atoms with E-state index in [1.807, 2.05) is 19.9 Å². The summed E-state index contributed by atoms with van der Waals surface area (Å²) < 4.78 is 36.5. The third-order valence-corrected chi connectivity index (χ3v) is 2.76. The second-order valence-electron chi connectivity index (χ2n) is 4.95. The van der Waals surface area contributed by atoms with Crippen molar-refractivity contribution in [1.82, 2.24) is 4.98 Å². The van der Waals surface area contributed by atoms with Gasteiger partial charge in [-0.3, -0.25) is 0 Å². The van der Waals surface area contributed by atoms with Crippen molar-refractivity contribution in [3.05, 3.63) is 23.4 Å². The Kier molecular flexibility index (Phi) is 5.17. The predicted molar refractivity (Wildman–Crippen MR) is 70.3 cm³/mol. The van der Waals surface area contributed by atoms with Crippen LogP contribution in [0.15, 0.2) is 12.3 Å². The van der Waals surface area contributed by atoms with Gasteiger partial charge in [-0.1, -0.05) is 6.07 Å². The van der Waals surface area contributed by atoms with Gasteiger partial charge in [0.15, 0.2) is 0 Å². The Morgan fingerprint density at radius 3 is 2.53 bits per heavy atom. The molecule has 0 amide bonds. The Hall–Kier alpha value is -1.30. The lowest BCUT2D eigenvalue weighted by Crippen LogP contribution is -2.25. The first-order valence-electron chi connectivity index (χ1n) is 6.18. The van der Waals surface area contributed by atoms with Gasteiger partial charge >= 0.3 is 6.18 Å². The molecule has 6 heteroatoms. The van der Waals surface area contributed by atoms with E-state index in [0.29, 0.717) is 12.2 Å². The number of rotatable bonds is 5. The van der Waals surface area contributed by atoms with Gasteiger partial charge < -0.3 is 10.6 Å². The molecule has 108 valence electrons. The van der Waals surface area contributed by atoms with Crippen molar-refractivity contribution in [3.8, 4) is 0 Å². The number of halogens is 3. The largest absolute Gasteiger partial charge is 0.390 e. The lowest BCUT2D eigenvalue weighted by atomic mass is 10.1. The van der Waals surface area contributed by atoms with Gasteiger partial charge in [0.25, 0.3) is 0 Å². The Bertz CT molecular complexity index is 416. The molecular formula is C13H20F3N3. The average Bonchev–Trinajstić information content (AvgIpc) is 2.24. The molecule has 0 radical (unpaired) electrons. The second-order valence-corrected chi connectivity index (χ2v) is 4.95. The van der Waals surface area contributed by atoms with Crippen molar-refractivity contribution < 1.29 is 13.2 Å². The molecule has 1 atom stereocenters. The van der Waals surface area contributed by atoms with Crippen LogP contribution >= 0.6 is 0 Å². The SMILES string of the molecule is Cc1cc(CC(C)N)cnc1N(C)CCC(F)(F)F. The summed E-state index contributed by atoms with van der Waals surface area (Å²) in [7, 11) is 1.62. The minimum atomic E-state index is -4.14. The molecule has 0 aromatic carbocycles. The zero-order valence-electron chi connectivity index (χ0n) is 11.5. The van der Waals surface area contributed by atoms with E-state index < -0.39 is 12.6 Å². The zero-order valence-corrected chi connectivity index (χ0v) is 11.5. The van der Waals surface area contributed by atoms with Crippen LogP contribution in [-0.4, -0.2) is 30.8 Å². The van der Waals surface area contributed by atoms with Crippen LogP contribution in [0.3, 0.4) is 0 Å². The van der Waals surface area contributed by atoms with Crippen LogP contribution in [-0.2, 0) is 6.42 Å². The molecule has 1 unspecified atom stereocenters. The first-order chi connectivity index (χ1) is 8.69. The third-order valence-electron chi connectivity index (χ3n) is 2.76. The quantitative estimate of drug-likeness (QED) is 0.898. The van der Waals surface area contributed by atoms with Crippen LogP contribution < -0.4 is 10.6 Å². The van der Waals surface area contributed by atoms with Crippen LogP contribution in [0.1, 0.15) is 24.5 Å². The number of nitrogens with zero attached hydrogens (tertiary/aromatic N) is 2. The van der Waals surface area contributed by atoms with Crippen molar-refractivity contribution in [2.45, 2.75) is 38.9 Å². The molecule has 19 heavy (non-hydrogen) atoms. The van der Waals surface area contributed by atoms with E-state index >= 15 is 0 Å². The number of nitrogens with two attached hydrogens (primary N) is 1. The Morgan fingerprint density at radius 1 is 1.42 bits per heavy atom. The van der Waals surface area contributed by atoms with E-state index in [0.717, 1.165) is 11.1 Å². The van der Waals surface area contributed by atoms with Crippen molar-refractivity contribution in [2.75, 3.05) is 18.5 Å². The Balaban J connectivity index is 2.73.